The van der Waals surface area contributed by atoms with E-state index in [2.05, 4.69) is 15.4 Å². The van der Waals surface area contributed by atoms with Crippen molar-refractivity contribution in [2.45, 2.75) is 39.4 Å². The van der Waals surface area contributed by atoms with Crippen molar-refractivity contribution in [1.82, 2.24) is 20.1 Å². The third kappa shape index (κ3) is 4.81. The second-order valence-electron chi connectivity index (χ2n) is 5.46. The van der Waals surface area contributed by atoms with Gasteiger partial charge in [0.25, 0.3) is 0 Å². The Morgan fingerprint density at radius 1 is 1.25 bits per heavy atom. The Bertz CT molecular complexity index is 710. The minimum atomic E-state index is -4.46. The number of carbonyl (C=O) groups is 1. The lowest BCUT2D eigenvalue weighted by atomic mass is 10.0. The summed E-state index contributed by atoms with van der Waals surface area (Å²) >= 11 is 0. The minimum absolute atomic E-state index is 0.0229. The molecule has 1 N–H and O–H groups in total. The second-order valence-corrected chi connectivity index (χ2v) is 5.46. The van der Waals surface area contributed by atoms with E-state index in [9.17, 15) is 18.0 Å². The van der Waals surface area contributed by atoms with Crippen LogP contribution in [0.4, 0.5) is 13.2 Å². The van der Waals surface area contributed by atoms with Crippen LogP contribution < -0.4 is 5.32 Å². The van der Waals surface area contributed by atoms with Crippen LogP contribution in [0.25, 0.3) is 0 Å². The molecule has 0 fully saturated rings. The average molecular weight is 340 g/mol. The van der Waals surface area contributed by atoms with Crippen molar-refractivity contribution in [3.63, 3.8) is 0 Å². The van der Waals surface area contributed by atoms with Crippen molar-refractivity contribution >= 4 is 5.91 Å². The fourth-order valence-corrected chi connectivity index (χ4v) is 2.42. The summed E-state index contributed by atoms with van der Waals surface area (Å²) in [6, 6.07) is 5.11. The number of carbonyl (C=O) groups excluding carboxylic acids is 1. The molecule has 1 heterocycles. The largest absolute Gasteiger partial charge is 0.416 e. The van der Waals surface area contributed by atoms with Gasteiger partial charge in [0, 0.05) is 13.1 Å². The molecule has 0 aliphatic rings. The van der Waals surface area contributed by atoms with E-state index in [1.165, 1.54) is 18.2 Å². The highest BCUT2D eigenvalue weighted by Gasteiger charge is 2.33. The summed E-state index contributed by atoms with van der Waals surface area (Å²) in [5.41, 5.74) is -0.792. The zero-order valence-electron chi connectivity index (χ0n) is 13.5. The van der Waals surface area contributed by atoms with Gasteiger partial charge in [0.2, 0.25) is 5.91 Å². The number of benzene rings is 1. The molecule has 24 heavy (non-hydrogen) atoms. The molecule has 5 nitrogen and oxygen atoms in total. The van der Waals surface area contributed by atoms with Crippen molar-refractivity contribution in [3.8, 4) is 0 Å². The number of amides is 1. The Morgan fingerprint density at radius 2 is 1.96 bits per heavy atom. The number of alkyl halides is 3. The maximum absolute atomic E-state index is 12.9. The van der Waals surface area contributed by atoms with Gasteiger partial charge in [-0.15, -0.1) is 0 Å². The SMILES string of the molecule is Cc1nc(C)n(CCCNC(=O)Cc2ccccc2C(F)(F)F)n1. The first-order chi connectivity index (χ1) is 11.3. The van der Waals surface area contributed by atoms with E-state index in [1.807, 2.05) is 6.92 Å². The molecule has 0 aliphatic heterocycles. The van der Waals surface area contributed by atoms with Crippen molar-refractivity contribution in [3.05, 3.63) is 47.0 Å². The van der Waals surface area contributed by atoms with Gasteiger partial charge in [-0.05, 0) is 31.9 Å². The van der Waals surface area contributed by atoms with E-state index in [0.717, 1.165) is 11.9 Å². The highest BCUT2D eigenvalue weighted by Crippen LogP contribution is 2.31. The Hall–Kier alpha value is -2.38. The molecule has 0 aliphatic carbocycles. The number of halogens is 3. The first kappa shape index (κ1) is 18.0. The summed E-state index contributed by atoms with van der Waals surface area (Å²) in [6.07, 6.45) is -4.13. The monoisotopic (exact) mass is 340 g/mol. The molecule has 1 aromatic heterocycles. The smallest absolute Gasteiger partial charge is 0.356 e. The number of rotatable bonds is 6. The predicted octanol–water partition coefficient (Wildman–Crippen LogP) is 2.66. The molecule has 0 saturated carbocycles. The zero-order chi connectivity index (χ0) is 17.7. The fourth-order valence-electron chi connectivity index (χ4n) is 2.42. The maximum atomic E-state index is 12.9. The molecular weight excluding hydrogens is 321 g/mol. The molecule has 0 unspecified atom stereocenters. The van der Waals surface area contributed by atoms with Gasteiger partial charge >= 0.3 is 6.18 Å². The third-order valence-electron chi connectivity index (χ3n) is 3.51. The summed E-state index contributed by atoms with van der Waals surface area (Å²) in [4.78, 5) is 16.0. The average Bonchev–Trinajstić information content (AvgIpc) is 2.81. The van der Waals surface area contributed by atoms with Crippen LogP contribution in [-0.4, -0.2) is 27.2 Å². The Morgan fingerprint density at radius 3 is 2.58 bits per heavy atom. The number of nitrogens with one attached hydrogen (secondary N) is 1. The van der Waals surface area contributed by atoms with E-state index >= 15 is 0 Å². The molecule has 0 spiro atoms. The molecule has 130 valence electrons. The van der Waals surface area contributed by atoms with Crippen LogP contribution in [0.3, 0.4) is 0 Å². The standard InChI is InChI=1S/C16H19F3N4O/c1-11-21-12(2)23(22-11)9-5-8-20-15(24)10-13-6-3-4-7-14(13)16(17,18)19/h3-4,6-7H,5,8-10H2,1-2H3,(H,20,24). The predicted molar refractivity (Wildman–Crippen MR) is 82.3 cm³/mol. The third-order valence-corrected chi connectivity index (χ3v) is 3.51. The van der Waals surface area contributed by atoms with Gasteiger partial charge < -0.3 is 5.32 Å². The lowest BCUT2D eigenvalue weighted by Crippen LogP contribution is -2.28. The molecule has 1 amide bonds. The van der Waals surface area contributed by atoms with E-state index in [-0.39, 0.29) is 12.0 Å². The van der Waals surface area contributed by atoms with Gasteiger partial charge in [0.05, 0.1) is 12.0 Å². The van der Waals surface area contributed by atoms with Crippen molar-refractivity contribution in [2.75, 3.05) is 6.54 Å². The van der Waals surface area contributed by atoms with Crippen LogP contribution in [0.15, 0.2) is 24.3 Å². The molecule has 8 heteroatoms. The normalized spacial score (nSPS) is 11.5. The zero-order valence-corrected chi connectivity index (χ0v) is 13.5. The van der Waals surface area contributed by atoms with E-state index in [4.69, 9.17) is 0 Å². The van der Waals surface area contributed by atoms with E-state index in [0.29, 0.717) is 25.3 Å². The lowest BCUT2D eigenvalue weighted by molar-refractivity contribution is -0.138. The highest BCUT2D eigenvalue weighted by atomic mass is 19.4. The Labute approximate surface area is 137 Å². The summed E-state index contributed by atoms with van der Waals surface area (Å²) < 4.78 is 40.4. The van der Waals surface area contributed by atoms with Gasteiger partial charge in [-0.2, -0.15) is 18.3 Å². The van der Waals surface area contributed by atoms with Crippen LogP contribution in [0.5, 0.6) is 0 Å². The number of hydrogen-bond acceptors (Lipinski definition) is 3. The second kappa shape index (κ2) is 7.46. The van der Waals surface area contributed by atoms with Crippen LogP contribution in [0, 0.1) is 13.8 Å². The Kier molecular flexibility index (Phi) is 5.58. The van der Waals surface area contributed by atoms with Crippen LogP contribution in [-0.2, 0) is 23.9 Å². The van der Waals surface area contributed by atoms with Gasteiger partial charge in [0.15, 0.2) is 0 Å². The quantitative estimate of drug-likeness (QED) is 0.823. The van der Waals surface area contributed by atoms with E-state index < -0.39 is 17.6 Å². The molecule has 0 atom stereocenters. The van der Waals surface area contributed by atoms with Gasteiger partial charge in [-0.3, -0.25) is 9.48 Å². The molecule has 1 aromatic carbocycles. The fraction of sp³-hybridized carbons (Fsp3) is 0.438. The topological polar surface area (TPSA) is 59.8 Å². The molecular formula is C16H19F3N4O. The summed E-state index contributed by atoms with van der Waals surface area (Å²) in [5, 5.41) is 6.84. The van der Waals surface area contributed by atoms with Crippen LogP contribution in [0.1, 0.15) is 29.2 Å². The van der Waals surface area contributed by atoms with Crippen LogP contribution >= 0.6 is 0 Å². The first-order valence-corrected chi connectivity index (χ1v) is 7.57. The van der Waals surface area contributed by atoms with Gasteiger partial charge in [-0.1, -0.05) is 18.2 Å². The van der Waals surface area contributed by atoms with Gasteiger partial charge in [-0.25, -0.2) is 4.98 Å². The summed E-state index contributed by atoms with van der Waals surface area (Å²) in [6.45, 7) is 4.59. The number of aryl methyl sites for hydroxylation is 3. The Balaban J connectivity index is 1.83. The molecule has 2 rings (SSSR count). The highest BCUT2D eigenvalue weighted by molar-refractivity contribution is 5.78. The van der Waals surface area contributed by atoms with Crippen molar-refractivity contribution in [2.24, 2.45) is 0 Å². The van der Waals surface area contributed by atoms with Crippen molar-refractivity contribution in [1.29, 1.82) is 0 Å². The number of nitrogens with zero attached hydrogens (tertiary/aromatic N) is 3. The first-order valence-electron chi connectivity index (χ1n) is 7.57. The lowest BCUT2D eigenvalue weighted by Gasteiger charge is -2.12. The summed E-state index contributed by atoms with van der Waals surface area (Å²) in [5.74, 6) is 1.04. The number of aromatic nitrogens is 3. The summed E-state index contributed by atoms with van der Waals surface area (Å²) in [7, 11) is 0. The molecule has 2 aromatic rings. The molecule has 0 saturated heterocycles. The molecule has 0 bridgehead atoms. The molecule has 0 radical (unpaired) electrons. The van der Waals surface area contributed by atoms with Crippen molar-refractivity contribution < 1.29 is 18.0 Å². The van der Waals surface area contributed by atoms with Gasteiger partial charge in [0.1, 0.15) is 11.6 Å². The minimum Gasteiger partial charge on any atom is -0.356 e. The van der Waals surface area contributed by atoms with E-state index in [1.54, 1.807) is 11.6 Å². The van der Waals surface area contributed by atoms with Crippen LogP contribution in [0.2, 0.25) is 0 Å². The number of hydrogen-bond donors (Lipinski definition) is 1. The maximum Gasteiger partial charge on any atom is 0.416 e.